The second-order valence-electron chi connectivity index (χ2n) is 4.51. The molecule has 0 saturated carbocycles. The quantitative estimate of drug-likeness (QED) is 0.484. The Balaban J connectivity index is 3.70. The lowest BCUT2D eigenvalue weighted by molar-refractivity contribution is -0.121. The standard InChI is InChI=1S/C11H22N4O3/c1-7(2)9(16)5-13-11(18)15-14-10(17)6-12-8(3)4/h7-8,12H,5-6H2,1-4H3,(H,14,17)(H2,13,15,18). The third kappa shape index (κ3) is 8.51. The number of rotatable bonds is 6. The van der Waals surface area contributed by atoms with Crippen LogP contribution in [-0.4, -0.2) is 36.9 Å². The van der Waals surface area contributed by atoms with Gasteiger partial charge in [-0.15, -0.1) is 0 Å². The van der Waals surface area contributed by atoms with Crippen LogP contribution in [0.2, 0.25) is 0 Å². The molecule has 3 amide bonds. The van der Waals surface area contributed by atoms with Gasteiger partial charge < -0.3 is 10.6 Å². The average molecular weight is 258 g/mol. The molecule has 0 aromatic rings. The van der Waals surface area contributed by atoms with Crippen molar-refractivity contribution in [2.45, 2.75) is 33.7 Å². The van der Waals surface area contributed by atoms with Gasteiger partial charge in [0.05, 0.1) is 13.1 Å². The van der Waals surface area contributed by atoms with E-state index in [1.165, 1.54) is 0 Å². The number of amides is 3. The van der Waals surface area contributed by atoms with Crippen LogP contribution in [0.1, 0.15) is 27.7 Å². The molecule has 0 bridgehead atoms. The Kier molecular flexibility index (Phi) is 7.69. The second kappa shape index (κ2) is 8.46. The summed E-state index contributed by atoms with van der Waals surface area (Å²) in [5.41, 5.74) is 4.37. The summed E-state index contributed by atoms with van der Waals surface area (Å²) in [4.78, 5) is 33.6. The van der Waals surface area contributed by atoms with Gasteiger partial charge in [-0.25, -0.2) is 10.2 Å². The highest BCUT2D eigenvalue weighted by Crippen LogP contribution is 1.91. The molecule has 0 atom stereocenters. The van der Waals surface area contributed by atoms with E-state index in [9.17, 15) is 14.4 Å². The highest BCUT2D eigenvalue weighted by molar-refractivity contribution is 5.87. The average Bonchev–Trinajstić information content (AvgIpc) is 2.30. The Labute approximate surface area is 107 Å². The second-order valence-corrected chi connectivity index (χ2v) is 4.51. The van der Waals surface area contributed by atoms with E-state index in [-0.39, 0.29) is 36.7 Å². The van der Waals surface area contributed by atoms with E-state index < -0.39 is 6.03 Å². The van der Waals surface area contributed by atoms with E-state index >= 15 is 0 Å². The maximum absolute atomic E-state index is 11.2. The molecule has 0 aromatic carbocycles. The van der Waals surface area contributed by atoms with Gasteiger partial charge >= 0.3 is 6.03 Å². The Morgan fingerprint density at radius 1 is 0.944 bits per heavy atom. The van der Waals surface area contributed by atoms with Gasteiger partial charge in [-0.3, -0.25) is 15.0 Å². The predicted octanol–water partition coefficient (Wildman–Crippen LogP) is -0.460. The smallest absolute Gasteiger partial charge is 0.330 e. The zero-order valence-electron chi connectivity index (χ0n) is 11.3. The summed E-state index contributed by atoms with van der Waals surface area (Å²) < 4.78 is 0. The molecule has 7 nitrogen and oxygen atoms in total. The molecule has 0 spiro atoms. The van der Waals surface area contributed by atoms with Crippen molar-refractivity contribution in [2.75, 3.05) is 13.1 Å². The molecular weight excluding hydrogens is 236 g/mol. The summed E-state index contributed by atoms with van der Waals surface area (Å²) in [6.07, 6.45) is 0. The number of hydrogen-bond donors (Lipinski definition) is 4. The van der Waals surface area contributed by atoms with E-state index in [0.717, 1.165) is 0 Å². The molecule has 7 heteroatoms. The normalized spacial score (nSPS) is 10.3. The van der Waals surface area contributed by atoms with Gasteiger partial charge in [-0.2, -0.15) is 0 Å². The fourth-order valence-corrected chi connectivity index (χ4v) is 0.883. The minimum atomic E-state index is -0.609. The zero-order valence-corrected chi connectivity index (χ0v) is 11.3. The third-order valence-corrected chi connectivity index (χ3v) is 2.05. The monoisotopic (exact) mass is 258 g/mol. The molecule has 0 rings (SSSR count). The molecule has 0 aliphatic carbocycles. The van der Waals surface area contributed by atoms with Crippen LogP contribution in [0.3, 0.4) is 0 Å². The molecule has 0 aliphatic rings. The van der Waals surface area contributed by atoms with Crippen LogP contribution in [0, 0.1) is 5.92 Å². The lowest BCUT2D eigenvalue weighted by Gasteiger charge is -2.11. The van der Waals surface area contributed by atoms with Crippen LogP contribution in [0.15, 0.2) is 0 Å². The van der Waals surface area contributed by atoms with Crippen molar-refractivity contribution in [3.05, 3.63) is 0 Å². The molecule has 18 heavy (non-hydrogen) atoms. The van der Waals surface area contributed by atoms with Gasteiger partial charge in [0.2, 0.25) is 0 Å². The highest BCUT2D eigenvalue weighted by Gasteiger charge is 2.09. The first kappa shape index (κ1) is 16.4. The maximum atomic E-state index is 11.2. The molecule has 0 aliphatic heterocycles. The maximum Gasteiger partial charge on any atom is 0.333 e. The third-order valence-electron chi connectivity index (χ3n) is 2.05. The molecule has 0 aromatic heterocycles. The first-order chi connectivity index (χ1) is 8.32. The van der Waals surface area contributed by atoms with Crippen LogP contribution in [-0.2, 0) is 9.59 Å². The van der Waals surface area contributed by atoms with Crippen molar-refractivity contribution in [1.29, 1.82) is 0 Å². The van der Waals surface area contributed by atoms with Gasteiger partial charge in [0.25, 0.3) is 5.91 Å². The number of carbonyl (C=O) groups excluding carboxylic acids is 3. The molecule has 0 heterocycles. The predicted molar refractivity (Wildman–Crippen MR) is 67.7 cm³/mol. The first-order valence-electron chi connectivity index (χ1n) is 5.91. The van der Waals surface area contributed by atoms with Crippen molar-refractivity contribution < 1.29 is 14.4 Å². The van der Waals surface area contributed by atoms with E-state index in [1.807, 2.05) is 13.8 Å². The summed E-state index contributed by atoms with van der Waals surface area (Å²) in [6.45, 7) is 7.38. The van der Waals surface area contributed by atoms with E-state index in [1.54, 1.807) is 13.8 Å². The summed E-state index contributed by atoms with van der Waals surface area (Å²) in [7, 11) is 0. The van der Waals surface area contributed by atoms with Gasteiger partial charge in [0, 0.05) is 12.0 Å². The topological polar surface area (TPSA) is 99.3 Å². The van der Waals surface area contributed by atoms with Crippen molar-refractivity contribution in [3.8, 4) is 0 Å². The number of Topliss-reactive ketones (excluding diaryl/α,β-unsaturated/α-hetero) is 1. The van der Waals surface area contributed by atoms with Crippen LogP contribution in [0.4, 0.5) is 4.79 Å². The van der Waals surface area contributed by atoms with Crippen molar-refractivity contribution in [2.24, 2.45) is 5.92 Å². The minimum absolute atomic E-state index is 0.0520. The van der Waals surface area contributed by atoms with Gasteiger partial charge in [0.15, 0.2) is 5.78 Å². The van der Waals surface area contributed by atoms with Crippen LogP contribution < -0.4 is 21.5 Å². The number of hydrogen-bond acceptors (Lipinski definition) is 4. The summed E-state index contributed by atoms with van der Waals surface area (Å²) in [6, 6.07) is -0.421. The molecule has 104 valence electrons. The van der Waals surface area contributed by atoms with Gasteiger partial charge in [-0.05, 0) is 0 Å². The lowest BCUT2D eigenvalue weighted by atomic mass is 10.1. The summed E-state index contributed by atoms with van der Waals surface area (Å²) in [5, 5.41) is 5.25. The number of ketones is 1. The van der Waals surface area contributed by atoms with Crippen molar-refractivity contribution in [3.63, 3.8) is 0 Å². The van der Waals surface area contributed by atoms with Crippen molar-refractivity contribution in [1.82, 2.24) is 21.5 Å². The largest absolute Gasteiger partial charge is 0.333 e. The fraction of sp³-hybridized carbons (Fsp3) is 0.727. The SMILES string of the molecule is CC(C)NCC(=O)NNC(=O)NCC(=O)C(C)C. The summed E-state index contributed by atoms with van der Waals surface area (Å²) >= 11 is 0. The number of carbonyl (C=O) groups is 3. The Morgan fingerprint density at radius 2 is 1.56 bits per heavy atom. The fourth-order valence-electron chi connectivity index (χ4n) is 0.883. The minimum Gasteiger partial charge on any atom is -0.330 e. The molecule has 0 radical (unpaired) electrons. The van der Waals surface area contributed by atoms with Crippen LogP contribution in [0.25, 0.3) is 0 Å². The molecule has 0 unspecified atom stereocenters. The Bertz CT molecular complexity index is 303. The number of urea groups is 1. The van der Waals surface area contributed by atoms with Gasteiger partial charge in [0.1, 0.15) is 0 Å². The van der Waals surface area contributed by atoms with E-state index in [4.69, 9.17) is 0 Å². The summed E-state index contributed by atoms with van der Waals surface area (Å²) in [5.74, 6) is -0.554. The number of hydrazine groups is 1. The van der Waals surface area contributed by atoms with Crippen LogP contribution >= 0.6 is 0 Å². The lowest BCUT2D eigenvalue weighted by Crippen LogP contribution is -2.50. The number of nitrogens with one attached hydrogen (secondary N) is 4. The Morgan fingerprint density at radius 3 is 2.06 bits per heavy atom. The van der Waals surface area contributed by atoms with E-state index in [0.29, 0.717) is 0 Å². The highest BCUT2D eigenvalue weighted by atomic mass is 16.2. The first-order valence-corrected chi connectivity index (χ1v) is 5.91. The van der Waals surface area contributed by atoms with Gasteiger partial charge in [-0.1, -0.05) is 27.7 Å². The molecule has 4 N–H and O–H groups in total. The van der Waals surface area contributed by atoms with Crippen LogP contribution in [0.5, 0.6) is 0 Å². The van der Waals surface area contributed by atoms with E-state index in [2.05, 4.69) is 21.5 Å². The molecule has 0 fully saturated rings. The molecule has 0 saturated heterocycles. The Hall–Kier alpha value is -1.63. The van der Waals surface area contributed by atoms with Crippen molar-refractivity contribution >= 4 is 17.7 Å². The zero-order chi connectivity index (χ0) is 14.1. The molecular formula is C11H22N4O3.